The maximum absolute atomic E-state index is 11.6. The van der Waals surface area contributed by atoms with E-state index in [1.807, 2.05) is 12.2 Å². The van der Waals surface area contributed by atoms with Gasteiger partial charge in [-0.3, -0.25) is 10.1 Å². The lowest BCUT2D eigenvalue weighted by Crippen LogP contribution is -2.22. The summed E-state index contributed by atoms with van der Waals surface area (Å²) < 4.78 is 4.57. The van der Waals surface area contributed by atoms with E-state index in [0.717, 1.165) is 5.56 Å². The van der Waals surface area contributed by atoms with Gasteiger partial charge < -0.3 is 9.64 Å². The number of methoxy groups -OCH3 is 1. The topological polar surface area (TPSA) is 72.7 Å². The molecule has 1 aromatic rings. The van der Waals surface area contributed by atoms with Crippen LogP contribution in [0.15, 0.2) is 18.2 Å². The Morgan fingerprint density at radius 2 is 2.22 bits per heavy atom. The van der Waals surface area contributed by atoms with Crippen LogP contribution in [0.4, 0.5) is 11.4 Å². The first-order chi connectivity index (χ1) is 8.56. The van der Waals surface area contributed by atoms with Gasteiger partial charge in [0.1, 0.15) is 11.3 Å². The molecule has 0 N–H and O–H groups in total. The van der Waals surface area contributed by atoms with Gasteiger partial charge in [0.25, 0.3) is 0 Å². The molecular formula is C12H12N2O4. The number of hydrogen-bond donors (Lipinski definition) is 0. The summed E-state index contributed by atoms with van der Waals surface area (Å²) in [6.45, 7) is 0.568. The Morgan fingerprint density at radius 3 is 2.83 bits per heavy atom. The Labute approximate surface area is 104 Å². The number of carbonyl (C=O) groups is 1. The number of hydrogen-bond acceptors (Lipinski definition) is 5. The molecule has 0 saturated heterocycles. The third kappa shape index (κ3) is 1.81. The molecule has 0 saturated carbocycles. The number of rotatable bonds is 2. The summed E-state index contributed by atoms with van der Waals surface area (Å²) in [5, 5.41) is 11.2. The second kappa shape index (κ2) is 4.48. The molecule has 0 atom stereocenters. The smallest absolute Gasteiger partial charge is 0.344 e. The van der Waals surface area contributed by atoms with Crippen LogP contribution in [0.1, 0.15) is 15.9 Å². The molecule has 0 fully saturated rings. The number of carbonyl (C=O) groups excluding carboxylic acids is 1. The van der Waals surface area contributed by atoms with Crippen LogP contribution in [0.25, 0.3) is 6.08 Å². The SMILES string of the molecule is COC(=O)c1ccc2c(c1[N+](=O)[O-])N(C)CC=C2. The maximum Gasteiger partial charge on any atom is 0.344 e. The van der Waals surface area contributed by atoms with Crippen LogP contribution in [0, 0.1) is 10.1 Å². The summed E-state index contributed by atoms with van der Waals surface area (Å²) in [5.41, 5.74) is 0.947. The van der Waals surface area contributed by atoms with Gasteiger partial charge in [-0.15, -0.1) is 0 Å². The number of likely N-dealkylation sites (N-methyl/N-ethyl adjacent to an activating group) is 1. The first-order valence-electron chi connectivity index (χ1n) is 5.33. The fraction of sp³-hybridized carbons (Fsp3) is 0.250. The number of esters is 1. The molecule has 0 amide bonds. The summed E-state index contributed by atoms with van der Waals surface area (Å²) in [6.07, 6.45) is 3.72. The molecule has 94 valence electrons. The minimum atomic E-state index is -0.701. The van der Waals surface area contributed by atoms with Gasteiger partial charge in [0.15, 0.2) is 0 Å². The van der Waals surface area contributed by atoms with E-state index < -0.39 is 10.9 Å². The minimum Gasteiger partial charge on any atom is -0.465 e. The van der Waals surface area contributed by atoms with E-state index >= 15 is 0 Å². The van der Waals surface area contributed by atoms with Gasteiger partial charge in [0.05, 0.1) is 12.0 Å². The van der Waals surface area contributed by atoms with Crippen molar-refractivity contribution >= 4 is 23.4 Å². The van der Waals surface area contributed by atoms with E-state index in [1.54, 1.807) is 18.0 Å². The van der Waals surface area contributed by atoms with Crippen LogP contribution in [0.3, 0.4) is 0 Å². The number of nitrogens with zero attached hydrogens (tertiary/aromatic N) is 2. The number of ether oxygens (including phenoxy) is 1. The van der Waals surface area contributed by atoms with E-state index in [-0.39, 0.29) is 11.3 Å². The van der Waals surface area contributed by atoms with Crippen molar-refractivity contribution in [2.75, 3.05) is 25.6 Å². The average molecular weight is 248 g/mol. The summed E-state index contributed by atoms with van der Waals surface area (Å²) in [6, 6.07) is 3.10. The van der Waals surface area contributed by atoms with Crippen molar-refractivity contribution in [1.29, 1.82) is 0 Å². The minimum absolute atomic E-state index is 0.0246. The maximum atomic E-state index is 11.6. The summed E-state index contributed by atoms with van der Waals surface area (Å²) in [7, 11) is 2.95. The van der Waals surface area contributed by atoms with Gasteiger partial charge in [-0.05, 0) is 6.07 Å². The molecule has 18 heavy (non-hydrogen) atoms. The number of anilines is 1. The first-order valence-corrected chi connectivity index (χ1v) is 5.33. The van der Waals surface area contributed by atoms with Crippen LogP contribution in [-0.2, 0) is 4.74 Å². The summed E-state index contributed by atoms with van der Waals surface area (Å²) in [5.74, 6) is -0.701. The molecule has 2 rings (SSSR count). The molecule has 0 spiro atoms. The first kappa shape index (κ1) is 12.1. The lowest BCUT2D eigenvalue weighted by molar-refractivity contribution is -0.384. The highest BCUT2D eigenvalue weighted by molar-refractivity contribution is 5.99. The van der Waals surface area contributed by atoms with E-state index in [4.69, 9.17) is 0 Å². The normalized spacial score (nSPS) is 13.1. The van der Waals surface area contributed by atoms with Crippen molar-refractivity contribution in [2.24, 2.45) is 0 Å². The van der Waals surface area contributed by atoms with E-state index in [9.17, 15) is 14.9 Å². The van der Waals surface area contributed by atoms with Crippen molar-refractivity contribution in [1.82, 2.24) is 0 Å². The third-order valence-corrected chi connectivity index (χ3v) is 2.83. The van der Waals surface area contributed by atoms with Crippen molar-refractivity contribution in [3.63, 3.8) is 0 Å². The van der Waals surface area contributed by atoms with Crippen LogP contribution >= 0.6 is 0 Å². The van der Waals surface area contributed by atoms with Gasteiger partial charge in [0, 0.05) is 19.2 Å². The van der Waals surface area contributed by atoms with Crippen molar-refractivity contribution in [3.8, 4) is 0 Å². The van der Waals surface area contributed by atoms with Gasteiger partial charge in [-0.25, -0.2) is 4.79 Å². The lowest BCUT2D eigenvalue weighted by atomic mass is 10.0. The Balaban J connectivity index is 2.72. The Kier molecular flexibility index (Phi) is 3.01. The molecule has 6 nitrogen and oxygen atoms in total. The molecular weight excluding hydrogens is 236 g/mol. The standard InChI is InChI=1S/C12H12N2O4/c1-13-7-3-4-8-5-6-9(12(15)18-2)11(10(8)13)14(16)17/h3-6H,7H2,1-2H3. The second-order valence-electron chi connectivity index (χ2n) is 3.93. The van der Waals surface area contributed by atoms with Crippen molar-refractivity contribution in [2.45, 2.75) is 0 Å². The van der Waals surface area contributed by atoms with E-state index in [1.165, 1.54) is 13.2 Å². The Morgan fingerprint density at radius 1 is 1.50 bits per heavy atom. The van der Waals surface area contributed by atoms with Crippen molar-refractivity contribution < 1.29 is 14.5 Å². The van der Waals surface area contributed by atoms with Gasteiger partial charge >= 0.3 is 11.7 Å². The molecule has 0 aliphatic carbocycles. The molecule has 1 aliphatic heterocycles. The largest absolute Gasteiger partial charge is 0.465 e. The molecule has 0 aromatic heterocycles. The highest BCUT2D eigenvalue weighted by Gasteiger charge is 2.29. The molecule has 1 heterocycles. The number of nitro groups is 1. The van der Waals surface area contributed by atoms with E-state index in [0.29, 0.717) is 12.2 Å². The molecule has 1 aromatic carbocycles. The summed E-state index contributed by atoms with van der Waals surface area (Å²) >= 11 is 0. The molecule has 1 aliphatic rings. The highest BCUT2D eigenvalue weighted by atomic mass is 16.6. The molecule has 0 unspecified atom stereocenters. The van der Waals surface area contributed by atoms with E-state index in [2.05, 4.69) is 4.74 Å². The predicted molar refractivity (Wildman–Crippen MR) is 66.7 cm³/mol. The number of fused-ring (bicyclic) bond motifs is 1. The Hall–Kier alpha value is -2.37. The lowest BCUT2D eigenvalue weighted by Gasteiger charge is -2.23. The fourth-order valence-electron chi connectivity index (χ4n) is 2.02. The van der Waals surface area contributed by atoms with Crippen LogP contribution < -0.4 is 4.90 Å². The number of benzene rings is 1. The average Bonchev–Trinajstić information content (AvgIpc) is 2.36. The zero-order valence-corrected chi connectivity index (χ0v) is 10.0. The predicted octanol–water partition coefficient (Wildman–Crippen LogP) is 1.84. The van der Waals surface area contributed by atoms with Crippen molar-refractivity contribution in [3.05, 3.63) is 39.4 Å². The zero-order valence-electron chi connectivity index (χ0n) is 10.0. The van der Waals surface area contributed by atoms with Crippen LogP contribution in [-0.4, -0.2) is 31.6 Å². The summed E-state index contributed by atoms with van der Waals surface area (Å²) in [4.78, 5) is 24.0. The van der Waals surface area contributed by atoms with Gasteiger partial charge in [-0.1, -0.05) is 18.2 Å². The molecule has 6 heteroatoms. The highest BCUT2D eigenvalue weighted by Crippen LogP contribution is 2.37. The molecule has 0 radical (unpaired) electrons. The quantitative estimate of drug-likeness (QED) is 0.453. The second-order valence-corrected chi connectivity index (χ2v) is 3.93. The fourth-order valence-corrected chi connectivity index (χ4v) is 2.02. The molecule has 0 bridgehead atoms. The van der Waals surface area contributed by atoms with Gasteiger partial charge in [-0.2, -0.15) is 0 Å². The zero-order chi connectivity index (χ0) is 13.3. The van der Waals surface area contributed by atoms with Crippen LogP contribution in [0.2, 0.25) is 0 Å². The monoisotopic (exact) mass is 248 g/mol. The number of nitro benzene ring substituents is 1. The Bertz CT molecular complexity index is 551. The van der Waals surface area contributed by atoms with Gasteiger partial charge in [0.2, 0.25) is 0 Å². The van der Waals surface area contributed by atoms with Crippen LogP contribution in [0.5, 0.6) is 0 Å². The third-order valence-electron chi connectivity index (χ3n) is 2.83.